The summed E-state index contributed by atoms with van der Waals surface area (Å²) in [4.78, 5) is 15.5. The fourth-order valence-corrected chi connectivity index (χ4v) is 4.37. The SMILES string of the molecule is CC(c1cccc(S(N)(=O)=O)c1)N(C)C(=O)c1ccc(-c2ccccc2F)s1. The van der Waals surface area contributed by atoms with Crippen molar-refractivity contribution in [2.24, 2.45) is 5.14 Å². The van der Waals surface area contributed by atoms with Crippen molar-refractivity contribution in [3.63, 3.8) is 0 Å². The lowest BCUT2D eigenvalue weighted by Gasteiger charge is -2.25. The number of nitrogens with two attached hydrogens (primary N) is 1. The summed E-state index contributed by atoms with van der Waals surface area (Å²) < 4.78 is 37.1. The van der Waals surface area contributed by atoms with Crippen molar-refractivity contribution in [3.8, 4) is 10.4 Å². The van der Waals surface area contributed by atoms with Gasteiger partial charge >= 0.3 is 0 Å². The first kappa shape index (κ1) is 20.2. The maximum atomic E-state index is 14.0. The van der Waals surface area contributed by atoms with Gasteiger partial charge in [0.15, 0.2) is 0 Å². The fourth-order valence-electron chi connectivity index (χ4n) is 2.78. The molecule has 0 fully saturated rings. The average Bonchev–Trinajstić information content (AvgIpc) is 3.16. The number of primary sulfonamides is 1. The summed E-state index contributed by atoms with van der Waals surface area (Å²) in [6, 6.07) is 15.6. The molecule has 2 aromatic carbocycles. The molecule has 3 rings (SSSR count). The molecule has 2 N–H and O–H groups in total. The minimum absolute atomic E-state index is 0.00402. The van der Waals surface area contributed by atoms with Crippen LogP contribution in [0.15, 0.2) is 65.6 Å². The largest absolute Gasteiger partial charge is 0.334 e. The van der Waals surface area contributed by atoms with E-state index < -0.39 is 10.0 Å². The second-order valence-corrected chi connectivity index (χ2v) is 9.00. The number of nitrogens with zero attached hydrogens (tertiary/aromatic N) is 1. The zero-order valence-corrected chi connectivity index (χ0v) is 16.9. The molecule has 1 amide bonds. The van der Waals surface area contributed by atoms with Gasteiger partial charge in [-0.05, 0) is 42.8 Å². The highest BCUT2D eigenvalue weighted by atomic mass is 32.2. The van der Waals surface area contributed by atoms with E-state index in [-0.39, 0.29) is 22.7 Å². The van der Waals surface area contributed by atoms with Gasteiger partial charge in [0.2, 0.25) is 10.0 Å². The molecule has 1 atom stereocenters. The van der Waals surface area contributed by atoms with Crippen molar-refractivity contribution < 1.29 is 17.6 Å². The summed E-state index contributed by atoms with van der Waals surface area (Å²) in [6.45, 7) is 1.80. The molecule has 0 aliphatic rings. The summed E-state index contributed by atoms with van der Waals surface area (Å²) in [5.41, 5.74) is 1.09. The lowest BCUT2D eigenvalue weighted by Crippen LogP contribution is -2.29. The van der Waals surface area contributed by atoms with Crippen LogP contribution < -0.4 is 5.14 Å². The molecule has 0 radical (unpaired) electrons. The van der Waals surface area contributed by atoms with Crippen LogP contribution in [0.25, 0.3) is 10.4 Å². The summed E-state index contributed by atoms with van der Waals surface area (Å²) in [6.07, 6.45) is 0. The van der Waals surface area contributed by atoms with E-state index in [1.54, 1.807) is 56.4 Å². The van der Waals surface area contributed by atoms with Crippen LogP contribution in [0, 0.1) is 5.82 Å². The number of halogens is 1. The molecule has 0 aliphatic heterocycles. The van der Waals surface area contributed by atoms with E-state index in [0.29, 0.717) is 20.9 Å². The summed E-state index contributed by atoms with van der Waals surface area (Å²) >= 11 is 1.21. The van der Waals surface area contributed by atoms with Gasteiger partial charge in [0.1, 0.15) is 5.82 Å². The molecule has 8 heteroatoms. The number of amides is 1. The highest BCUT2D eigenvalue weighted by molar-refractivity contribution is 7.89. The van der Waals surface area contributed by atoms with Gasteiger partial charge in [0.25, 0.3) is 5.91 Å². The van der Waals surface area contributed by atoms with Gasteiger partial charge in [-0.25, -0.2) is 17.9 Å². The molecule has 0 saturated carbocycles. The number of rotatable bonds is 5. The Morgan fingerprint density at radius 1 is 1.11 bits per heavy atom. The lowest BCUT2D eigenvalue weighted by molar-refractivity contribution is 0.0747. The smallest absolute Gasteiger partial charge is 0.264 e. The molecule has 0 bridgehead atoms. The lowest BCUT2D eigenvalue weighted by atomic mass is 10.1. The van der Waals surface area contributed by atoms with Crippen molar-refractivity contribution in [1.29, 1.82) is 0 Å². The van der Waals surface area contributed by atoms with Crippen LogP contribution in [-0.2, 0) is 10.0 Å². The molecule has 0 spiro atoms. The van der Waals surface area contributed by atoms with Gasteiger partial charge in [-0.3, -0.25) is 4.79 Å². The Balaban J connectivity index is 1.84. The van der Waals surface area contributed by atoms with Crippen molar-refractivity contribution in [2.45, 2.75) is 17.9 Å². The third kappa shape index (κ3) is 4.14. The van der Waals surface area contributed by atoms with Gasteiger partial charge in [0, 0.05) is 17.5 Å². The Kier molecular flexibility index (Phi) is 5.64. The predicted octanol–water partition coefficient (Wildman–Crippen LogP) is 4.03. The molecule has 3 aromatic rings. The molecule has 0 saturated heterocycles. The van der Waals surface area contributed by atoms with Crippen molar-refractivity contribution >= 4 is 27.3 Å². The number of benzene rings is 2. The summed E-state index contributed by atoms with van der Waals surface area (Å²) in [5.74, 6) is -0.578. The summed E-state index contributed by atoms with van der Waals surface area (Å²) in [7, 11) is -2.19. The molecule has 1 unspecified atom stereocenters. The number of carbonyl (C=O) groups excluding carboxylic acids is 1. The van der Waals surface area contributed by atoms with E-state index >= 15 is 0 Å². The number of hydrogen-bond acceptors (Lipinski definition) is 4. The van der Waals surface area contributed by atoms with Crippen molar-refractivity contribution in [1.82, 2.24) is 4.90 Å². The van der Waals surface area contributed by atoms with Gasteiger partial charge in [-0.2, -0.15) is 0 Å². The van der Waals surface area contributed by atoms with Gasteiger partial charge in [-0.1, -0.05) is 30.3 Å². The molecule has 28 heavy (non-hydrogen) atoms. The van der Waals surface area contributed by atoms with Crippen LogP contribution >= 0.6 is 11.3 Å². The average molecular weight is 419 g/mol. The van der Waals surface area contributed by atoms with Crippen LogP contribution in [0.4, 0.5) is 4.39 Å². The monoisotopic (exact) mass is 418 g/mol. The topological polar surface area (TPSA) is 80.5 Å². The molecule has 1 heterocycles. The Morgan fingerprint density at radius 3 is 2.50 bits per heavy atom. The standard InChI is InChI=1S/C20H19FN2O3S2/c1-13(14-6-5-7-15(12-14)28(22,25)26)23(2)20(24)19-11-10-18(27-19)16-8-3-4-9-17(16)21/h3-13H,1-2H3,(H2,22,25,26). The molecule has 1 aromatic heterocycles. The third-order valence-electron chi connectivity index (χ3n) is 4.53. The summed E-state index contributed by atoms with van der Waals surface area (Å²) in [5, 5.41) is 5.19. The molecule has 146 valence electrons. The minimum atomic E-state index is -3.83. The highest BCUT2D eigenvalue weighted by Gasteiger charge is 2.22. The van der Waals surface area contributed by atoms with E-state index in [2.05, 4.69) is 0 Å². The van der Waals surface area contributed by atoms with Crippen LogP contribution in [0.2, 0.25) is 0 Å². The minimum Gasteiger partial charge on any atom is -0.334 e. The fraction of sp³-hybridized carbons (Fsp3) is 0.150. The Labute approximate surface area is 167 Å². The number of sulfonamides is 1. The number of carbonyl (C=O) groups is 1. The van der Waals surface area contributed by atoms with E-state index in [4.69, 9.17) is 5.14 Å². The Morgan fingerprint density at radius 2 is 1.82 bits per heavy atom. The Bertz CT molecular complexity index is 1130. The molecule has 0 aliphatic carbocycles. The van der Waals surface area contributed by atoms with E-state index in [0.717, 1.165) is 0 Å². The molecular weight excluding hydrogens is 399 g/mol. The first-order valence-electron chi connectivity index (χ1n) is 8.43. The zero-order valence-electron chi connectivity index (χ0n) is 15.3. The third-order valence-corrected chi connectivity index (χ3v) is 6.54. The molecular formula is C20H19FN2O3S2. The Hall–Kier alpha value is -2.55. The number of thiophene rings is 1. The van der Waals surface area contributed by atoms with Crippen LogP contribution in [-0.4, -0.2) is 26.3 Å². The first-order chi connectivity index (χ1) is 13.2. The normalized spacial score (nSPS) is 12.6. The van der Waals surface area contributed by atoms with E-state index in [1.165, 1.54) is 34.4 Å². The molecule has 5 nitrogen and oxygen atoms in total. The highest BCUT2D eigenvalue weighted by Crippen LogP contribution is 2.32. The maximum absolute atomic E-state index is 14.0. The first-order valence-corrected chi connectivity index (χ1v) is 10.8. The van der Waals surface area contributed by atoms with Crippen LogP contribution in [0.3, 0.4) is 0 Å². The van der Waals surface area contributed by atoms with Crippen LogP contribution in [0.1, 0.15) is 28.2 Å². The van der Waals surface area contributed by atoms with Gasteiger partial charge in [-0.15, -0.1) is 11.3 Å². The van der Waals surface area contributed by atoms with Crippen LogP contribution in [0.5, 0.6) is 0 Å². The van der Waals surface area contributed by atoms with E-state index in [1.807, 2.05) is 0 Å². The number of hydrogen-bond donors (Lipinski definition) is 1. The van der Waals surface area contributed by atoms with Gasteiger partial charge < -0.3 is 4.90 Å². The van der Waals surface area contributed by atoms with Crippen molar-refractivity contribution in [3.05, 3.63) is 76.9 Å². The van der Waals surface area contributed by atoms with E-state index in [9.17, 15) is 17.6 Å². The maximum Gasteiger partial charge on any atom is 0.264 e. The quantitative estimate of drug-likeness (QED) is 0.679. The predicted molar refractivity (Wildman–Crippen MR) is 108 cm³/mol. The second kappa shape index (κ2) is 7.83. The van der Waals surface area contributed by atoms with Gasteiger partial charge in [0.05, 0.1) is 15.8 Å². The van der Waals surface area contributed by atoms with Crippen molar-refractivity contribution in [2.75, 3.05) is 7.05 Å². The second-order valence-electron chi connectivity index (χ2n) is 6.35. The zero-order chi connectivity index (χ0) is 20.5.